The summed E-state index contributed by atoms with van der Waals surface area (Å²) in [4.78, 5) is 18.7. The normalized spacial score (nSPS) is 15.0. The number of hydrogen-bond acceptors (Lipinski definition) is 5. The van der Waals surface area contributed by atoms with Crippen LogP contribution < -0.4 is 10.6 Å². The molecule has 2 amide bonds. The molecule has 0 saturated carbocycles. The highest BCUT2D eigenvalue weighted by atomic mass is 32.2. The van der Waals surface area contributed by atoms with Gasteiger partial charge in [-0.15, -0.1) is 5.10 Å². The first-order valence-corrected chi connectivity index (χ1v) is 10.1. The number of aromatic nitrogens is 3. The number of piperidine rings is 1. The number of thioether (sulfide) groups is 1. The third-order valence-corrected chi connectivity index (χ3v) is 5.08. The standard InChI is InChI=1S/C18H26N6OS/c1-14-20-18(23-22-14)26-11-8-19-17(25)21-16-7-5-6-15(12-16)13-24-9-3-2-4-10-24/h5-7,12H,2-4,8-11,13H2,1H3,(H2,19,21,25)(H,20,22,23). The molecule has 140 valence electrons. The number of anilines is 1. The van der Waals surface area contributed by atoms with Gasteiger partial charge < -0.3 is 10.6 Å². The Morgan fingerprint density at radius 2 is 2.15 bits per heavy atom. The molecule has 1 fully saturated rings. The van der Waals surface area contributed by atoms with E-state index in [1.54, 1.807) is 0 Å². The second-order valence-corrected chi connectivity index (χ2v) is 7.53. The monoisotopic (exact) mass is 374 g/mol. The van der Waals surface area contributed by atoms with Gasteiger partial charge in [-0.1, -0.05) is 30.3 Å². The lowest BCUT2D eigenvalue weighted by atomic mass is 10.1. The van der Waals surface area contributed by atoms with Crippen molar-refractivity contribution >= 4 is 23.5 Å². The van der Waals surface area contributed by atoms with Crippen molar-refractivity contribution in [3.05, 3.63) is 35.7 Å². The summed E-state index contributed by atoms with van der Waals surface area (Å²) in [6.45, 7) is 5.70. The number of nitrogens with one attached hydrogen (secondary N) is 3. The minimum Gasteiger partial charge on any atom is -0.337 e. The van der Waals surface area contributed by atoms with Gasteiger partial charge in [0.05, 0.1) is 0 Å². The Morgan fingerprint density at radius 3 is 2.92 bits per heavy atom. The third kappa shape index (κ3) is 6.03. The van der Waals surface area contributed by atoms with Crippen molar-refractivity contribution in [3.8, 4) is 0 Å². The highest BCUT2D eigenvalue weighted by Gasteiger charge is 2.11. The molecule has 1 aromatic carbocycles. The molecule has 0 radical (unpaired) electrons. The summed E-state index contributed by atoms with van der Waals surface area (Å²) in [6.07, 6.45) is 3.91. The molecule has 0 bridgehead atoms. The lowest BCUT2D eigenvalue weighted by Gasteiger charge is -2.26. The SMILES string of the molecule is Cc1nc(SCCNC(=O)Nc2cccc(CN3CCCCC3)c2)n[nH]1. The summed E-state index contributed by atoms with van der Waals surface area (Å²) in [5.41, 5.74) is 2.06. The Hall–Kier alpha value is -2.06. The van der Waals surface area contributed by atoms with E-state index in [-0.39, 0.29) is 6.03 Å². The first-order valence-electron chi connectivity index (χ1n) is 9.07. The lowest BCUT2D eigenvalue weighted by Crippen LogP contribution is -2.31. The van der Waals surface area contributed by atoms with Crippen molar-refractivity contribution in [1.82, 2.24) is 25.4 Å². The van der Waals surface area contributed by atoms with E-state index in [2.05, 4.69) is 42.8 Å². The van der Waals surface area contributed by atoms with E-state index in [1.807, 2.05) is 19.1 Å². The molecule has 0 atom stereocenters. The third-order valence-electron chi connectivity index (χ3n) is 4.24. The van der Waals surface area contributed by atoms with Crippen molar-refractivity contribution in [2.24, 2.45) is 0 Å². The Morgan fingerprint density at radius 1 is 1.31 bits per heavy atom. The molecular weight excluding hydrogens is 348 g/mol. The molecule has 1 saturated heterocycles. The second-order valence-electron chi connectivity index (χ2n) is 6.47. The van der Waals surface area contributed by atoms with Crippen LogP contribution in [0, 0.1) is 6.92 Å². The van der Waals surface area contributed by atoms with Crippen LogP contribution in [-0.4, -0.2) is 51.5 Å². The Labute approximate surface area is 158 Å². The van der Waals surface area contributed by atoms with Gasteiger partial charge in [0.1, 0.15) is 5.82 Å². The smallest absolute Gasteiger partial charge is 0.319 e. The Kier molecular flexibility index (Phi) is 6.90. The average molecular weight is 375 g/mol. The molecule has 1 aromatic heterocycles. The zero-order valence-corrected chi connectivity index (χ0v) is 15.9. The highest BCUT2D eigenvalue weighted by molar-refractivity contribution is 7.99. The quantitative estimate of drug-likeness (QED) is 0.512. The first kappa shape index (κ1) is 18.7. The maximum Gasteiger partial charge on any atom is 0.319 e. The van der Waals surface area contributed by atoms with Crippen molar-refractivity contribution in [2.45, 2.75) is 37.9 Å². The summed E-state index contributed by atoms with van der Waals surface area (Å²) in [6, 6.07) is 7.90. The number of nitrogens with zero attached hydrogens (tertiary/aromatic N) is 3. The molecule has 2 heterocycles. The van der Waals surface area contributed by atoms with Crippen LogP contribution in [0.15, 0.2) is 29.4 Å². The number of aromatic amines is 1. The molecule has 8 heteroatoms. The first-order chi connectivity index (χ1) is 12.7. The predicted octanol–water partition coefficient (Wildman–Crippen LogP) is 3.01. The molecule has 0 spiro atoms. The van der Waals surface area contributed by atoms with Crippen molar-refractivity contribution < 1.29 is 4.79 Å². The molecule has 7 nitrogen and oxygen atoms in total. The largest absolute Gasteiger partial charge is 0.337 e. The fourth-order valence-corrected chi connectivity index (χ4v) is 3.69. The number of benzene rings is 1. The molecule has 1 aliphatic rings. The van der Waals surface area contributed by atoms with Gasteiger partial charge in [0.2, 0.25) is 5.16 Å². The number of likely N-dealkylation sites (tertiary alicyclic amines) is 1. The average Bonchev–Trinajstić information content (AvgIpc) is 3.05. The van der Waals surface area contributed by atoms with Gasteiger partial charge in [-0.2, -0.15) is 0 Å². The summed E-state index contributed by atoms with van der Waals surface area (Å²) in [5, 5.41) is 13.3. The molecule has 0 aliphatic carbocycles. The van der Waals surface area contributed by atoms with E-state index < -0.39 is 0 Å². The zero-order valence-electron chi connectivity index (χ0n) is 15.1. The molecule has 1 aliphatic heterocycles. The fourth-order valence-electron chi connectivity index (χ4n) is 2.99. The van der Waals surface area contributed by atoms with Crippen LogP contribution in [0.4, 0.5) is 10.5 Å². The van der Waals surface area contributed by atoms with E-state index in [0.29, 0.717) is 11.7 Å². The maximum atomic E-state index is 12.0. The van der Waals surface area contributed by atoms with Gasteiger partial charge in [0, 0.05) is 24.5 Å². The summed E-state index contributed by atoms with van der Waals surface area (Å²) < 4.78 is 0. The molecule has 3 rings (SSSR count). The van der Waals surface area contributed by atoms with E-state index in [1.165, 1.54) is 49.7 Å². The highest BCUT2D eigenvalue weighted by Crippen LogP contribution is 2.16. The summed E-state index contributed by atoms with van der Waals surface area (Å²) in [5.74, 6) is 1.52. The van der Waals surface area contributed by atoms with Crippen molar-refractivity contribution in [3.63, 3.8) is 0 Å². The van der Waals surface area contributed by atoms with E-state index in [0.717, 1.165) is 23.8 Å². The number of rotatable bonds is 7. The Bertz CT molecular complexity index is 713. The lowest BCUT2D eigenvalue weighted by molar-refractivity contribution is 0.221. The van der Waals surface area contributed by atoms with Gasteiger partial charge in [-0.25, -0.2) is 9.78 Å². The van der Waals surface area contributed by atoms with Crippen LogP contribution in [0.25, 0.3) is 0 Å². The van der Waals surface area contributed by atoms with E-state index in [9.17, 15) is 4.79 Å². The van der Waals surface area contributed by atoms with Crippen LogP contribution in [0.1, 0.15) is 30.7 Å². The number of carbonyl (C=O) groups excluding carboxylic acids is 1. The van der Waals surface area contributed by atoms with Crippen molar-refractivity contribution in [2.75, 3.05) is 30.7 Å². The molecular formula is C18H26N6OS. The summed E-state index contributed by atoms with van der Waals surface area (Å²) in [7, 11) is 0. The zero-order chi connectivity index (χ0) is 18.2. The van der Waals surface area contributed by atoms with E-state index >= 15 is 0 Å². The molecule has 0 unspecified atom stereocenters. The van der Waals surface area contributed by atoms with Crippen molar-refractivity contribution in [1.29, 1.82) is 0 Å². The summed E-state index contributed by atoms with van der Waals surface area (Å²) >= 11 is 1.51. The minimum absolute atomic E-state index is 0.188. The van der Waals surface area contributed by atoms with Gasteiger partial charge in [-0.05, 0) is 50.6 Å². The van der Waals surface area contributed by atoms with Crippen LogP contribution in [-0.2, 0) is 6.54 Å². The predicted molar refractivity (Wildman–Crippen MR) is 104 cm³/mol. The van der Waals surface area contributed by atoms with Crippen LogP contribution in [0.3, 0.4) is 0 Å². The second kappa shape index (κ2) is 9.59. The number of hydrogen-bond donors (Lipinski definition) is 3. The number of amides is 2. The number of carbonyl (C=O) groups is 1. The number of aryl methyl sites for hydroxylation is 1. The molecule has 26 heavy (non-hydrogen) atoms. The van der Waals surface area contributed by atoms with E-state index in [4.69, 9.17) is 0 Å². The number of H-pyrrole nitrogens is 1. The van der Waals surface area contributed by atoms with Gasteiger partial charge >= 0.3 is 6.03 Å². The van der Waals surface area contributed by atoms with Crippen LogP contribution >= 0.6 is 11.8 Å². The maximum absolute atomic E-state index is 12.0. The van der Waals surface area contributed by atoms with Crippen LogP contribution in [0.2, 0.25) is 0 Å². The van der Waals surface area contributed by atoms with Gasteiger partial charge in [-0.3, -0.25) is 10.00 Å². The Balaban J connectivity index is 1.39. The van der Waals surface area contributed by atoms with Gasteiger partial charge in [0.25, 0.3) is 0 Å². The number of urea groups is 1. The van der Waals surface area contributed by atoms with Crippen LogP contribution in [0.5, 0.6) is 0 Å². The fraction of sp³-hybridized carbons (Fsp3) is 0.500. The van der Waals surface area contributed by atoms with Gasteiger partial charge in [0.15, 0.2) is 0 Å². The molecule has 2 aromatic rings. The topological polar surface area (TPSA) is 85.9 Å². The minimum atomic E-state index is -0.188. The molecule has 3 N–H and O–H groups in total.